The Morgan fingerprint density at radius 1 is 1.37 bits per heavy atom. The molecule has 1 fully saturated rings. The lowest BCUT2D eigenvalue weighted by atomic mass is 9.96. The quantitative estimate of drug-likeness (QED) is 0.725. The Kier molecular flexibility index (Phi) is 6.74. The van der Waals surface area contributed by atoms with E-state index in [9.17, 15) is 5.11 Å². The zero-order valence-corrected chi connectivity index (χ0v) is 13.4. The van der Waals surface area contributed by atoms with Gasteiger partial charge in [-0.15, -0.1) is 0 Å². The number of likely N-dealkylation sites (tertiary alicyclic amines) is 1. The fourth-order valence-corrected chi connectivity index (χ4v) is 2.81. The second-order valence-corrected chi connectivity index (χ2v) is 6.98. The second kappa shape index (κ2) is 7.58. The van der Waals surface area contributed by atoms with E-state index in [2.05, 4.69) is 43.1 Å². The predicted molar refractivity (Wildman–Crippen MR) is 81.5 cm³/mol. The van der Waals surface area contributed by atoms with Crippen LogP contribution in [0.1, 0.15) is 33.6 Å². The largest absolute Gasteiger partial charge is 0.388 e. The van der Waals surface area contributed by atoms with Crippen LogP contribution >= 0.6 is 0 Å². The summed E-state index contributed by atoms with van der Waals surface area (Å²) in [5.74, 6) is 0.787. The number of hydrogen-bond acceptors (Lipinski definition) is 4. The van der Waals surface area contributed by atoms with E-state index < -0.39 is 5.60 Å². The maximum absolute atomic E-state index is 10.4. The molecule has 0 radical (unpaired) electrons. The molecule has 4 nitrogen and oxygen atoms in total. The third kappa shape index (κ3) is 7.25. The molecule has 0 amide bonds. The highest BCUT2D eigenvalue weighted by Gasteiger charge is 2.25. The van der Waals surface area contributed by atoms with Crippen LogP contribution in [-0.2, 0) is 0 Å². The van der Waals surface area contributed by atoms with Gasteiger partial charge < -0.3 is 20.2 Å². The summed E-state index contributed by atoms with van der Waals surface area (Å²) < 4.78 is 0. The highest BCUT2D eigenvalue weighted by atomic mass is 16.3. The molecular formula is C15H33N3O. The number of nitrogens with zero attached hydrogens (tertiary/aromatic N) is 2. The molecule has 0 aromatic rings. The summed E-state index contributed by atoms with van der Waals surface area (Å²) in [4.78, 5) is 4.69. The molecule has 1 aliphatic heterocycles. The van der Waals surface area contributed by atoms with Crippen LogP contribution in [0.15, 0.2) is 0 Å². The Bertz CT molecular complexity index is 248. The van der Waals surface area contributed by atoms with Crippen molar-refractivity contribution < 1.29 is 5.11 Å². The first-order valence-electron chi connectivity index (χ1n) is 7.61. The van der Waals surface area contributed by atoms with Gasteiger partial charge in [0.2, 0.25) is 0 Å². The third-order valence-corrected chi connectivity index (χ3v) is 3.91. The van der Waals surface area contributed by atoms with Crippen LogP contribution in [0.2, 0.25) is 0 Å². The van der Waals surface area contributed by atoms with Crippen LogP contribution in [0.3, 0.4) is 0 Å². The molecule has 0 aromatic heterocycles. The summed E-state index contributed by atoms with van der Waals surface area (Å²) in [6.07, 6.45) is 2.57. The summed E-state index contributed by atoms with van der Waals surface area (Å²) in [5, 5.41) is 13.7. The minimum Gasteiger partial charge on any atom is -0.388 e. The second-order valence-electron chi connectivity index (χ2n) is 6.98. The van der Waals surface area contributed by atoms with Gasteiger partial charge in [0.25, 0.3) is 0 Å². The molecule has 0 spiro atoms. The van der Waals surface area contributed by atoms with Crippen LogP contribution in [0.25, 0.3) is 0 Å². The van der Waals surface area contributed by atoms with Crippen molar-refractivity contribution in [2.75, 3.05) is 46.8 Å². The van der Waals surface area contributed by atoms with Crippen molar-refractivity contribution in [1.29, 1.82) is 0 Å². The molecule has 1 aliphatic rings. The van der Waals surface area contributed by atoms with Crippen molar-refractivity contribution in [3.63, 3.8) is 0 Å². The van der Waals surface area contributed by atoms with Gasteiger partial charge in [0.15, 0.2) is 0 Å². The molecule has 0 aromatic carbocycles. The van der Waals surface area contributed by atoms with E-state index in [-0.39, 0.29) is 0 Å². The SMILES string of the molecule is CC(C)NCC(C)(O)CN(C)CC1CCN(C)CC1. The van der Waals surface area contributed by atoms with Gasteiger partial charge in [0, 0.05) is 25.7 Å². The number of hydrogen-bond donors (Lipinski definition) is 2. The molecule has 1 unspecified atom stereocenters. The van der Waals surface area contributed by atoms with E-state index in [0.29, 0.717) is 12.6 Å². The number of aliphatic hydroxyl groups is 1. The Morgan fingerprint density at radius 3 is 2.47 bits per heavy atom. The normalized spacial score (nSPS) is 22.1. The monoisotopic (exact) mass is 271 g/mol. The fourth-order valence-electron chi connectivity index (χ4n) is 2.81. The van der Waals surface area contributed by atoms with Crippen molar-refractivity contribution >= 4 is 0 Å². The highest BCUT2D eigenvalue weighted by molar-refractivity contribution is 4.81. The van der Waals surface area contributed by atoms with Crippen LogP contribution in [-0.4, -0.2) is 73.4 Å². The number of likely N-dealkylation sites (N-methyl/N-ethyl adjacent to an activating group) is 1. The fraction of sp³-hybridized carbons (Fsp3) is 1.00. The average Bonchev–Trinajstić information content (AvgIpc) is 2.29. The van der Waals surface area contributed by atoms with E-state index in [1.807, 2.05) is 6.92 Å². The molecular weight excluding hydrogens is 238 g/mol. The van der Waals surface area contributed by atoms with E-state index in [1.54, 1.807) is 0 Å². The standard InChI is InChI=1S/C15H33N3O/c1-13(2)16-11-15(3,19)12-18(5)10-14-6-8-17(4)9-7-14/h13-14,16,19H,6-12H2,1-5H3. The number of piperidine rings is 1. The van der Waals surface area contributed by atoms with Gasteiger partial charge in [-0.1, -0.05) is 13.8 Å². The first-order valence-corrected chi connectivity index (χ1v) is 7.61. The molecule has 1 rings (SSSR count). The predicted octanol–water partition coefficient (Wildman–Crippen LogP) is 1.01. The smallest absolute Gasteiger partial charge is 0.0869 e. The lowest BCUT2D eigenvalue weighted by Crippen LogP contribution is -2.49. The molecule has 2 N–H and O–H groups in total. The molecule has 1 atom stereocenters. The van der Waals surface area contributed by atoms with Crippen LogP contribution in [0, 0.1) is 5.92 Å². The first-order chi connectivity index (χ1) is 8.78. The van der Waals surface area contributed by atoms with Gasteiger partial charge in [-0.3, -0.25) is 0 Å². The maximum Gasteiger partial charge on any atom is 0.0869 e. The summed E-state index contributed by atoms with van der Waals surface area (Å²) >= 11 is 0. The minimum absolute atomic E-state index is 0.422. The molecule has 1 heterocycles. The lowest BCUT2D eigenvalue weighted by Gasteiger charge is -2.35. The van der Waals surface area contributed by atoms with Crippen molar-refractivity contribution in [3.8, 4) is 0 Å². The number of rotatable bonds is 7. The summed E-state index contributed by atoms with van der Waals surface area (Å²) in [7, 11) is 4.32. The van der Waals surface area contributed by atoms with Gasteiger partial charge >= 0.3 is 0 Å². The third-order valence-electron chi connectivity index (χ3n) is 3.91. The lowest BCUT2D eigenvalue weighted by molar-refractivity contribution is 0.0195. The van der Waals surface area contributed by atoms with Crippen LogP contribution in [0.4, 0.5) is 0 Å². The summed E-state index contributed by atoms with van der Waals surface area (Å²) in [6.45, 7) is 11.1. The zero-order valence-electron chi connectivity index (χ0n) is 13.4. The molecule has 0 aliphatic carbocycles. The average molecular weight is 271 g/mol. The van der Waals surface area contributed by atoms with Crippen molar-refractivity contribution in [1.82, 2.24) is 15.1 Å². The van der Waals surface area contributed by atoms with Crippen molar-refractivity contribution in [3.05, 3.63) is 0 Å². The van der Waals surface area contributed by atoms with E-state index in [4.69, 9.17) is 0 Å². The number of nitrogens with one attached hydrogen (secondary N) is 1. The minimum atomic E-state index is -0.648. The molecule has 4 heteroatoms. The van der Waals surface area contributed by atoms with Gasteiger partial charge in [-0.25, -0.2) is 0 Å². The van der Waals surface area contributed by atoms with Crippen molar-refractivity contribution in [2.45, 2.75) is 45.3 Å². The van der Waals surface area contributed by atoms with Crippen LogP contribution < -0.4 is 5.32 Å². The first kappa shape index (κ1) is 16.9. The maximum atomic E-state index is 10.4. The highest BCUT2D eigenvalue weighted by Crippen LogP contribution is 2.17. The Hall–Kier alpha value is -0.160. The van der Waals surface area contributed by atoms with Gasteiger partial charge in [0.05, 0.1) is 5.60 Å². The molecule has 1 saturated heterocycles. The van der Waals surface area contributed by atoms with Gasteiger partial charge in [-0.2, -0.15) is 0 Å². The molecule has 114 valence electrons. The van der Waals surface area contributed by atoms with E-state index in [1.165, 1.54) is 25.9 Å². The molecule has 0 saturated carbocycles. The molecule has 19 heavy (non-hydrogen) atoms. The van der Waals surface area contributed by atoms with E-state index in [0.717, 1.165) is 19.0 Å². The summed E-state index contributed by atoms with van der Waals surface area (Å²) in [6, 6.07) is 0.422. The van der Waals surface area contributed by atoms with Gasteiger partial charge in [0.1, 0.15) is 0 Å². The molecule has 0 bridgehead atoms. The van der Waals surface area contributed by atoms with Gasteiger partial charge in [-0.05, 0) is 52.9 Å². The summed E-state index contributed by atoms with van der Waals surface area (Å²) in [5.41, 5.74) is -0.648. The topological polar surface area (TPSA) is 38.7 Å². The zero-order chi connectivity index (χ0) is 14.5. The Morgan fingerprint density at radius 2 is 1.95 bits per heavy atom. The van der Waals surface area contributed by atoms with Crippen molar-refractivity contribution in [2.24, 2.45) is 5.92 Å². The van der Waals surface area contributed by atoms with Crippen LogP contribution in [0.5, 0.6) is 0 Å². The van der Waals surface area contributed by atoms with E-state index >= 15 is 0 Å². The Labute approximate surface area is 119 Å². The Balaban J connectivity index is 2.27.